The van der Waals surface area contributed by atoms with E-state index in [1.807, 2.05) is 0 Å². The van der Waals surface area contributed by atoms with Crippen LogP contribution in [-0.4, -0.2) is 13.1 Å². The SMILES string of the molecule is C#CCCNCC(CC)CC. The van der Waals surface area contributed by atoms with Gasteiger partial charge in [-0.3, -0.25) is 0 Å². The summed E-state index contributed by atoms with van der Waals surface area (Å²) in [5.74, 6) is 3.44. The van der Waals surface area contributed by atoms with E-state index in [4.69, 9.17) is 6.42 Å². The molecule has 0 unspecified atom stereocenters. The Balaban J connectivity index is 3.16. The Bertz CT molecular complexity index is 109. The van der Waals surface area contributed by atoms with E-state index in [1.54, 1.807) is 0 Å². The highest BCUT2D eigenvalue weighted by Gasteiger charge is 2.00. The van der Waals surface area contributed by atoms with Crippen molar-refractivity contribution in [3.8, 4) is 12.3 Å². The van der Waals surface area contributed by atoms with E-state index in [0.29, 0.717) is 0 Å². The molecule has 0 amide bonds. The molecule has 0 saturated carbocycles. The summed E-state index contributed by atoms with van der Waals surface area (Å²) in [7, 11) is 0. The van der Waals surface area contributed by atoms with Gasteiger partial charge in [0.25, 0.3) is 0 Å². The molecule has 0 radical (unpaired) electrons. The van der Waals surface area contributed by atoms with Crippen LogP contribution in [0.2, 0.25) is 0 Å². The molecule has 0 bridgehead atoms. The summed E-state index contributed by atoms with van der Waals surface area (Å²) in [6, 6.07) is 0. The third kappa shape index (κ3) is 5.94. The molecule has 0 saturated heterocycles. The monoisotopic (exact) mass is 153 g/mol. The zero-order valence-electron chi connectivity index (χ0n) is 7.69. The molecular weight excluding hydrogens is 134 g/mol. The molecular formula is C10H19N. The van der Waals surface area contributed by atoms with Gasteiger partial charge in [-0.15, -0.1) is 12.3 Å². The summed E-state index contributed by atoms with van der Waals surface area (Å²) >= 11 is 0. The van der Waals surface area contributed by atoms with E-state index in [9.17, 15) is 0 Å². The van der Waals surface area contributed by atoms with Crippen molar-refractivity contribution in [2.24, 2.45) is 5.92 Å². The average molecular weight is 153 g/mol. The molecule has 64 valence electrons. The maximum atomic E-state index is 5.12. The molecule has 0 aliphatic carbocycles. The number of rotatable bonds is 6. The van der Waals surface area contributed by atoms with Crippen molar-refractivity contribution in [3.05, 3.63) is 0 Å². The quantitative estimate of drug-likeness (QED) is 0.455. The predicted octanol–water partition coefficient (Wildman–Crippen LogP) is 2.04. The molecule has 0 aromatic rings. The van der Waals surface area contributed by atoms with E-state index in [0.717, 1.165) is 25.4 Å². The van der Waals surface area contributed by atoms with Crippen LogP contribution in [0.15, 0.2) is 0 Å². The van der Waals surface area contributed by atoms with Gasteiger partial charge in [-0.2, -0.15) is 0 Å². The minimum atomic E-state index is 0.827. The lowest BCUT2D eigenvalue weighted by molar-refractivity contribution is 0.453. The zero-order valence-corrected chi connectivity index (χ0v) is 7.69. The number of terminal acetylenes is 1. The second-order valence-electron chi connectivity index (χ2n) is 2.84. The molecule has 0 fully saturated rings. The molecule has 0 aromatic carbocycles. The number of nitrogens with one attached hydrogen (secondary N) is 1. The van der Waals surface area contributed by atoms with Gasteiger partial charge >= 0.3 is 0 Å². The van der Waals surface area contributed by atoms with E-state index >= 15 is 0 Å². The van der Waals surface area contributed by atoms with E-state index in [2.05, 4.69) is 25.1 Å². The fraction of sp³-hybridized carbons (Fsp3) is 0.800. The highest BCUT2D eigenvalue weighted by molar-refractivity contribution is 4.84. The van der Waals surface area contributed by atoms with Gasteiger partial charge < -0.3 is 5.32 Å². The van der Waals surface area contributed by atoms with Crippen LogP contribution in [-0.2, 0) is 0 Å². The smallest absolute Gasteiger partial charge is 0.0211 e. The standard InChI is InChI=1S/C10H19N/c1-4-7-8-11-9-10(5-2)6-3/h1,10-11H,5-9H2,2-3H3. The molecule has 0 aliphatic heterocycles. The van der Waals surface area contributed by atoms with Gasteiger partial charge in [0.2, 0.25) is 0 Å². The maximum Gasteiger partial charge on any atom is 0.0211 e. The van der Waals surface area contributed by atoms with E-state index in [1.165, 1.54) is 12.8 Å². The molecule has 0 aromatic heterocycles. The van der Waals surface area contributed by atoms with Gasteiger partial charge in [0.15, 0.2) is 0 Å². The van der Waals surface area contributed by atoms with Crippen LogP contribution in [0, 0.1) is 18.3 Å². The molecule has 11 heavy (non-hydrogen) atoms. The third-order valence-electron chi connectivity index (χ3n) is 2.03. The Labute approximate surface area is 70.6 Å². The molecule has 0 atom stereocenters. The molecule has 0 spiro atoms. The number of hydrogen-bond donors (Lipinski definition) is 1. The van der Waals surface area contributed by atoms with Crippen molar-refractivity contribution < 1.29 is 0 Å². The van der Waals surface area contributed by atoms with Crippen molar-refractivity contribution in [3.63, 3.8) is 0 Å². The van der Waals surface area contributed by atoms with Gasteiger partial charge in [0.05, 0.1) is 0 Å². The molecule has 1 N–H and O–H groups in total. The van der Waals surface area contributed by atoms with Gasteiger partial charge in [-0.05, 0) is 12.5 Å². The summed E-state index contributed by atoms with van der Waals surface area (Å²) < 4.78 is 0. The topological polar surface area (TPSA) is 12.0 Å². The van der Waals surface area contributed by atoms with Gasteiger partial charge in [-0.25, -0.2) is 0 Å². The lowest BCUT2D eigenvalue weighted by atomic mass is 10.0. The minimum absolute atomic E-state index is 0.827. The zero-order chi connectivity index (χ0) is 8.53. The second kappa shape index (κ2) is 7.63. The Morgan fingerprint density at radius 1 is 1.36 bits per heavy atom. The fourth-order valence-electron chi connectivity index (χ4n) is 1.04. The Hall–Kier alpha value is -0.480. The van der Waals surface area contributed by atoms with Gasteiger partial charge in [0.1, 0.15) is 0 Å². The highest BCUT2D eigenvalue weighted by Crippen LogP contribution is 2.04. The van der Waals surface area contributed by atoms with Crippen molar-refractivity contribution in [1.29, 1.82) is 0 Å². The average Bonchev–Trinajstić information content (AvgIpc) is 2.05. The van der Waals surface area contributed by atoms with Crippen molar-refractivity contribution in [1.82, 2.24) is 5.32 Å². The van der Waals surface area contributed by atoms with Crippen LogP contribution in [0.4, 0.5) is 0 Å². The van der Waals surface area contributed by atoms with Crippen LogP contribution in [0.5, 0.6) is 0 Å². The molecule has 0 heterocycles. The first kappa shape index (κ1) is 10.5. The third-order valence-corrected chi connectivity index (χ3v) is 2.03. The number of hydrogen-bond acceptors (Lipinski definition) is 1. The largest absolute Gasteiger partial charge is 0.316 e. The summed E-state index contributed by atoms with van der Waals surface area (Å²) in [5, 5.41) is 3.35. The maximum absolute atomic E-state index is 5.12. The Kier molecular flexibility index (Phi) is 7.29. The van der Waals surface area contributed by atoms with Crippen LogP contribution in [0.25, 0.3) is 0 Å². The molecule has 0 rings (SSSR count). The molecule has 1 nitrogen and oxygen atoms in total. The lowest BCUT2D eigenvalue weighted by Crippen LogP contribution is -2.22. The van der Waals surface area contributed by atoms with Crippen LogP contribution >= 0.6 is 0 Å². The molecule has 0 aliphatic rings. The van der Waals surface area contributed by atoms with Crippen molar-refractivity contribution in [2.45, 2.75) is 33.1 Å². The van der Waals surface area contributed by atoms with E-state index < -0.39 is 0 Å². The predicted molar refractivity (Wildman–Crippen MR) is 50.4 cm³/mol. The normalized spacial score (nSPS) is 10.0. The first-order chi connectivity index (χ1) is 5.35. The first-order valence-electron chi connectivity index (χ1n) is 4.49. The second-order valence-corrected chi connectivity index (χ2v) is 2.84. The summed E-state index contributed by atoms with van der Waals surface area (Å²) in [6.07, 6.45) is 8.49. The summed E-state index contributed by atoms with van der Waals surface area (Å²) in [5.41, 5.74) is 0. The van der Waals surface area contributed by atoms with Crippen LogP contribution in [0.3, 0.4) is 0 Å². The minimum Gasteiger partial charge on any atom is -0.316 e. The van der Waals surface area contributed by atoms with Crippen LogP contribution in [0.1, 0.15) is 33.1 Å². The van der Waals surface area contributed by atoms with Gasteiger partial charge in [-0.1, -0.05) is 26.7 Å². The first-order valence-corrected chi connectivity index (χ1v) is 4.49. The van der Waals surface area contributed by atoms with E-state index in [-0.39, 0.29) is 0 Å². The fourth-order valence-corrected chi connectivity index (χ4v) is 1.04. The molecule has 1 heteroatoms. The summed E-state index contributed by atoms with van der Waals surface area (Å²) in [4.78, 5) is 0. The highest BCUT2D eigenvalue weighted by atomic mass is 14.8. The summed E-state index contributed by atoms with van der Waals surface area (Å²) in [6.45, 7) is 6.55. The van der Waals surface area contributed by atoms with Gasteiger partial charge in [0, 0.05) is 13.0 Å². The lowest BCUT2D eigenvalue weighted by Gasteiger charge is -2.11. The van der Waals surface area contributed by atoms with Crippen molar-refractivity contribution in [2.75, 3.05) is 13.1 Å². The Morgan fingerprint density at radius 3 is 2.45 bits per heavy atom. The van der Waals surface area contributed by atoms with Crippen LogP contribution < -0.4 is 5.32 Å². The van der Waals surface area contributed by atoms with Crippen molar-refractivity contribution >= 4 is 0 Å². The Morgan fingerprint density at radius 2 is 2.00 bits per heavy atom.